The van der Waals surface area contributed by atoms with E-state index in [1.165, 1.54) is 0 Å². The number of aryl methyl sites for hydroxylation is 3. The molecule has 3 aromatic rings. The van der Waals surface area contributed by atoms with Gasteiger partial charge in [-0.2, -0.15) is 10.2 Å². The number of hydrogen-bond acceptors (Lipinski definition) is 4. The monoisotopic (exact) mass is 465 g/mol. The molecule has 1 aromatic carbocycles. The molecule has 0 aliphatic heterocycles. The van der Waals surface area contributed by atoms with Gasteiger partial charge in [-0.3, -0.25) is 9.48 Å². The van der Waals surface area contributed by atoms with Crippen molar-refractivity contribution in [1.29, 1.82) is 0 Å². The maximum atomic E-state index is 12.7. The van der Waals surface area contributed by atoms with Gasteiger partial charge in [-0.05, 0) is 59.1 Å². The Kier molecular flexibility index (Phi) is 6.10. The van der Waals surface area contributed by atoms with Gasteiger partial charge < -0.3 is 9.64 Å². The van der Waals surface area contributed by atoms with Gasteiger partial charge in [0.25, 0.3) is 5.91 Å². The van der Waals surface area contributed by atoms with E-state index >= 15 is 0 Å². The minimum Gasteiger partial charge on any atom is -0.471 e. The lowest BCUT2D eigenvalue weighted by atomic mass is 10.1. The van der Waals surface area contributed by atoms with Gasteiger partial charge in [-0.25, -0.2) is 4.68 Å². The van der Waals surface area contributed by atoms with Crippen LogP contribution in [0, 0.1) is 13.8 Å². The lowest BCUT2D eigenvalue weighted by Gasteiger charge is -2.16. The number of carbonyl (C=O) groups is 1. The summed E-state index contributed by atoms with van der Waals surface area (Å²) < 4.78 is 9.96. The summed E-state index contributed by atoms with van der Waals surface area (Å²) >= 11 is 9.63. The van der Waals surface area contributed by atoms with Crippen molar-refractivity contribution >= 4 is 33.4 Å². The number of aromatic nitrogens is 4. The number of nitrogens with zero attached hydrogens (tertiary/aromatic N) is 5. The van der Waals surface area contributed by atoms with Crippen LogP contribution in [0.25, 0.3) is 0 Å². The molecule has 2 aromatic heterocycles. The fourth-order valence-electron chi connectivity index (χ4n) is 2.78. The van der Waals surface area contributed by atoms with E-state index in [-0.39, 0.29) is 12.6 Å². The second-order valence-electron chi connectivity index (χ2n) is 6.61. The van der Waals surface area contributed by atoms with E-state index in [1.54, 1.807) is 39.8 Å². The predicted molar refractivity (Wildman–Crippen MR) is 110 cm³/mol. The number of rotatable bonds is 6. The fourth-order valence-corrected chi connectivity index (χ4v) is 3.37. The number of benzene rings is 1. The minimum atomic E-state index is -0.176. The Morgan fingerprint density at radius 3 is 2.61 bits per heavy atom. The van der Waals surface area contributed by atoms with Crippen molar-refractivity contribution in [2.24, 2.45) is 7.05 Å². The third kappa shape index (κ3) is 4.39. The molecule has 148 valence electrons. The summed E-state index contributed by atoms with van der Waals surface area (Å²) in [5.41, 5.74) is 3.17. The summed E-state index contributed by atoms with van der Waals surface area (Å²) in [5.74, 6) is 0.533. The average molecular weight is 467 g/mol. The topological polar surface area (TPSA) is 65.2 Å². The lowest BCUT2D eigenvalue weighted by Crippen LogP contribution is -2.28. The van der Waals surface area contributed by atoms with E-state index in [2.05, 4.69) is 26.1 Å². The van der Waals surface area contributed by atoms with Crippen molar-refractivity contribution < 1.29 is 9.53 Å². The molecule has 0 fully saturated rings. The van der Waals surface area contributed by atoms with Gasteiger partial charge in [-0.15, -0.1) is 0 Å². The lowest BCUT2D eigenvalue weighted by molar-refractivity contribution is 0.0773. The Balaban J connectivity index is 1.64. The van der Waals surface area contributed by atoms with Gasteiger partial charge in [0, 0.05) is 25.3 Å². The van der Waals surface area contributed by atoms with Gasteiger partial charge in [0.1, 0.15) is 5.75 Å². The van der Waals surface area contributed by atoms with Crippen LogP contribution in [0.5, 0.6) is 5.75 Å². The summed E-state index contributed by atoms with van der Waals surface area (Å²) in [5, 5.41) is 9.22. The van der Waals surface area contributed by atoms with E-state index in [1.807, 2.05) is 33.0 Å². The first-order valence-corrected chi connectivity index (χ1v) is 9.78. The van der Waals surface area contributed by atoms with Crippen LogP contribution in [0.2, 0.25) is 5.02 Å². The number of hydrogen-bond donors (Lipinski definition) is 0. The summed E-state index contributed by atoms with van der Waals surface area (Å²) in [6.45, 7) is 4.49. The van der Waals surface area contributed by atoms with Crippen molar-refractivity contribution in [2.75, 3.05) is 7.05 Å². The molecule has 0 aliphatic carbocycles. The quantitative estimate of drug-likeness (QED) is 0.552. The molecule has 9 heteroatoms. The highest BCUT2D eigenvalue weighted by Crippen LogP contribution is 2.26. The molecule has 0 N–H and O–H groups in total. The molecule has 0 aliphatic rings. The maximum Gasteiger partial charge on any atom is 0.274 e. The first-order chi connectivity index (χ1) is 13.3. The largest absolute Gasteiger partial charge is 0.471 e. The van der Waals surface area contributed by atoms with Crippen LogP contribution in [-0.4, -0.2) is 37.4 Å². The van der Waals surface area contributed by atoms with Crippen molar-refractivity contribution in [3.63, 3.8) is 0 Å². The summed E-state index contributed by atoms with van der Waals surface area (Å²) in [6, 6.07) is 5.44. The Morgan fingerprint density at radius 1 is 1.32 bits per heavy atom. The molecule has 1 amide bonds. The number of amides is 1. The zero-order valence-electron chi connectivity index (χ0n) is 16.1. The minimum absolute atomic E-state index is 0.176. The Morgan fingerprint density at radius 2 is 2.00 bits per heavy atom. The fraction of sp³-hybridized carbons (Fsp3) is 0.316. The Labute approximate surface area is 177 Å². The molecule has 0 unspecified atom stereocenters. The SMILES string of the molecule is Cc1cc(OCn2ccc(C(=O)N(C)Cc3c(Br)cnn3C)n2)cc(C)c1Cl. The normalized spacial score (nSPS) is 10.9. The molecule has 0 radical (unpaired) electrons. The molecular weight excluding hydrogens is 446 g/mol. The summed E-state index contributed by atoms with van der Waals surface area (Å²) in [6.07, 6.45) is 3.43. The van der Waals surface area contributed by atoms with Crippen molar-refractivity contribution in [3.8, 4) is 5.75 Å². The third-order valence-corrected chi connectivity index (χ3v) is 5.64. The molecule has 0 saturated heterocycles. The zero-order valence-corrected chi connectivity index (χ0v) is 18.5. The van der Waals surface area contributed by atoms with Crippen LogP contribution in [0.15, 0.2) is 35.1 Å². The Bertz CT molecular complexity index is 971. The van der Waals surface area contributed by atoms with Gasteiger partial charge in [0.05, 0.1) is 22.9 Å². The van der Waals surface area contributed by atoms with E-state index in [0.717, 1.165) is 26.3 Å². The second kappa shape index (κ2) is 8.36. The average Bonchev–Trinajstić information content (AvgIpc) is 3.25. The van der Waals surface area contributed by atoms with Crippen LogP contribution in [-0.2, 0) is 20.3 Å². The number of ether oxygens (including phenoxy) is 1. The summed E-state index contributed by atoms with van der Waals surface area (Å²) in [7, 11) is 3.57. The molecule has 2 heterocycles. The number of carbonyl (C=O) groups excluding carboxylic acids is 1. The first kappa shape index (κ1) is 20.4. The van der Waals surface area contributed by atoms with Gasteiger partial charge in [-0.1, -0.05) is 11.6 Å². The molecule has 0 bridgehead atoms. The van der Waals surface area contributed by atoms with Crippen LogP contribution in [0.1, 0.15) is 27.3 Å². The van der Waals surface area contributed by atoms with Gasteiger partial charge in [0.2, 0.25) is 0 Å². The van der Waals surface area contributed by atoms with Crippen LogP contribution in [0.3, 0.4) is 0 Å². The van der Waals surface area contributed by atoms with Crippen LogP contribution < -0.4 is 4.74 Å². The highest BCUT2D eigenvalue weighted by atomic mass is 79.9. The zero-order chi connectivity index (χ0) is 20.4. The highest BCUT2D eigenvalue weighted by molar-refractivity contribution is 9.10. The number of halogens is 2. The van der Waals surface area contributed by atoms with Crippen molar-refractivity contribution in [3.05, 3.63) is 62.6 Å². The standard InChI is InChI=1S/C19H21BrClN5O2/c1-12-7-14(8-13(2)18(12)21)28-11-26-6-5-16(23-26)19(27)24(3)10-17-15(20)9-22-25(17)4/h5-9H,10-11H2,1-4H3. The molecule has 0 saturated carbocycles. The van der Waals surface area contributed by atoms with E-state index in [9.17, 15) is 4.79 Å². The van der Waals surface area contributed by atoms with E-state index < -0.39 is 0 Å². The molecular formula is C19H21BrClN5O2. The van der Waals surface area contributed by atoms with E-state index in [0.29, 0.717) is 18.0 Å². The maximum absolute atomic E-state index is 12.7. The molecule has 0 atom stereocenters. The van der Waals surface area contributed by atoms with E-state index in [4.69, 9.17) is 16.3 Å². The molecule has 7 nitrogen and oxygen atoms in total. The molecule has 0 spiro atoms. The van der Waals surface area contributed by atoms with Crippen molar-refractivity contribution in [1.82, 2.24) is 24.5 Å². The molecule has 3 rings (SSSR count). The second-order valence-corrected chi connectivity index (χ2v) is 7.84. The van der Waals surface area contributed by atoms with Crippen LogP contribution >= 0.6 is 27.5 Å². The van der Waals surface area contributed by atoms with Crippen molar-refractivity contribution in [2.45, 2.75) is 27.1 Å². The van der Waals surface area contributed by atoms with Gasteiger partial charge >= 0.3 is 0 Å². The van der Waals surface area contributed by atoms with Gasteiger partial charge in [0.15, 0.2) is 12.4 Å². The summed E-state index contributed by atoms with van der Waals surface area (Å²) in [4.78, 5) is 14.3. The smallest absolute Gasteiger partial charge is 0.274 e. The van der Waals surface area contributed by atoms with Crippen LogP contribution in [0.4, 0.5) is 0 Å². The molecule has 28 heavy (non-hydrogen) atoms. The third-order valence-electron chi connectivity index (χ3n) is 4.38. The predicted octanol–water partition coefficient (Wildman–Crippen LogP) is 3.96. The highest BCUT2D eigenvalue weighted by Gasteiger charge is 2.18. The first-order valence-electron chi connectivity index (χ1n) is 8.61. The Hall–Kier alpha value is -2.32.